The zero-order valence-corrected chi connectivity index (χ0v) is 13.0. The standard InChI is InChI=1S/C16H16BrFN2O/c17-15-4-3-14(18)6-12(15)7-16(20-19)10-1-2-11-8-21-9-13(11)5-10/h1-6,16,20H,7-9,19H2. The van der Waals surface area contributed by atoms with Crippen molar-refractivity contribution in [1.82, 2.24) is 5.43 Å². The Morgan fingerprint density at radius 2 is 2.00 bits per heavy atom. The summed E-state index contributed by atoms with van der Waals surface area (Å²) in [6, 6.07) is 10.8. The van der Waals surface area contributed by atoms with Gasteiger partial charge in [0.2, 0.25) is 0 Å². The van der Waals surface area contributed by atoms with Gasteiger partial charge in [-0.15, -0.1) is 0 Å². The van der Waals surface area contributed by atoms with E-state index >= 15 is 0 Å². The normalized spacial score (nSPS) is 15.0. The molecule has 110 valence electrons. The largest absolute Gasteiger partial charge is 0.372 e. The molecule has 1 aliphatic heterocycles. The van der Waals surface area contributed by atoms with E-state index < -0.39 is 0 Å². The van der Waals surface area contributed by atoms with E-state index in [0.717, 1.165) is 15.6 Å². The Morgan fingerprint density at radius 3 is 2.81 bits per heavy atom. The molecule has 0 bridgehead atoms. The van der Waals surface area contributed by atoms with Crippen LogP contribution in [0.15, 0.2) is 40.9 Å². The Kier molecular flexibility index (Phi) is 4.35. The van der Waals surface area contributed by atoms with Crippen molar-refractivity contribution in [2.24, 2.45) is 5.84 Å². The van der Waals surface area contributed by atoms with Gasteiger partial charge >= 0.3 is 0 Å². The molecule has 0 spiro atoms. The minimum Gasteiger partial charge on any atom is -0.372 e. The molecule has 1 aliphatic rings. The second kappa shape index (κ2) is 6.23. The molecule has 3 N–H and O–H groups in total. The number of halogens is 2. The first-order valence-corrected chi connectivity index (χ1v) is 7.56. The summed E-state index contributed by atoms with van der Waals surface area (Å²) in [4.78, 5) is 0. The van der Waals surface area contributed by atoms with Crippen LogP contribution in [0.4, 0.5) is 4.39 Å². The fourth-order valence-corrected chi connectivity index (χ4v) is 3.01. The molecule has 1 unspecified atom stereocenters. The van der Waals surface area contributed by atoms with E-state index in [1.54, 1.807) is 6.07 Å². The molecular formula is C16H16BrFN2O. The predicted octanol–water partition coefficient (Wildman–Crippen LogP) is 3.37. The van der Waals surface area contributed by atoms with Gasteiger partial charge in [-0.1, -0.05) is 34.1 Å². The first-order chi connectivity index (χ1) is 10.2. The van der Waals surface area contributed by atoms with Crippen molar-refractivity contribution in [3.63, 3.8) is 0 Å². The summed E-state index contributed by atoms with van der Waals surface area (Å²) in [5.41, 5.74) is 7.21. The number of benzene rings is 2. The monoisotopic (exact) mass is 350 g/mol. The van der Waals surface area contributed by atoms with E-state index in [1.165, 1.54) is 23.3 Å². The van der Waals surface area contributed by atoms with E-state index in [1.807, 2.05) is 6.07 Å². The molecule has 3 rings (SSSR count). The fraction of sp³-hybridized carbons (Fsp3) is 0.250. The maximum atomic E-state index is 13.4. The number of rotatable bonds is 4. The highest BCUT2D eigenvalue weighted by Crippen LogP contribution is 2.27. The van der Waals surface area contributed by atoms with Crippen LogP contribution in [-0.2, 0) is 24.4 Å². The van der Waals surface area contributed by atoms with Gasteiger partial charge in [-0.2, -0.15) is 0 Å². The van der Waals surface area contributed by atoms with Crippen molar-refractivity contribution in [3.05, 3.63) is 68.9 Å². The Labute approximate surface area is 131 Å². The summed E-state index contributed by atoms with van der Waals surface area (Å²) >= 11 is 3.46. The molecule has 0 saturated heterocycles. The Hall–Kier alpha value is -1.27. The molecule has 0 amide bonds. The quantitative estimate of drug-likeness (QED) is 0.656. The fourth-order valence-electron chi connectivity index (χ4n) is 2.60. The van der Waals surface area contributed by atoms with Gasteiger partial charge in [0.1, 0.15) is 5.82 Å². The molecular weight excluding hydrogens is 335 g/mol. The number of nitrogens with one attached hydrogen (secondary N) is 1. The molecule has 0 saturated carbocycles. The van der Waals surface area contributed by atoms with Gasteiger partial charge in [-0.25, -0.2) is 4.39 Å². The zero-order chi connectivity index (χ0) is 14.8. The summed E-state index contributed by atoms with van der Waals surface area (Å²) in [5.74, 6) is 5.45. The number of hydrogen-bond acceptors (Lipinski definition) is 3. The molecule has 3 nitrogen and oxygen atoms in total. The molecule has 1 heterocycles. The van der Waals surface area contributed by atoms with Crippen LogP contribution in [0.25, 0.3) is 0 Å². The highest BCUT2D eigenvalue weighted by atomic mass is 79.9. The van der Waals surface area contributed by atoms with Crippen molar-refractivity contribution in [3.8, 4) is 0 Å². The van der Waals surface area contributed by atoms with Crippen LogP contribution >= 0.6 is 15.9 Å². The van der Waals surface area contributed by atoms with Gasteiger partial charge in [0.05, 0.1) is 19.3 Å². The Balaban J connectivity index is 1.86. The summed E-state index contributed by atoms with van der Waals surface area (Å²) < 4.78 is 19.7. The second-order valence-electron chi connectivity index (χ2n) is 5.18. The molecule has 21 heavy (non-hydrogen) atoms. The SMILES string of the molecule is NNC(Cc1cc(F)ccc1Br)c1ccc2c(c1)COC2. The second-order valence-corrected chi connectivity index (χ2v) is 6.03. The van der Waals surface area contributed by atoms with E-state index in [4.69, 9.17) is 10.6 Å². The van der Waals surface area contributed by atoms with E-state index in [0.29, 0.717) is 19.6 Å². The molecule has 2 aromatic carbocycles. The van der Waals surface area contributed by atoms with Crippen LogP contribution in [-0.4, -0.2) is 0 Å². The van der Waals surface area contributed by atoms with Gasteiger partial charge in [0.15, 0.2) is 0 Å². The topological polar surface area (TPSA) is 47.3 Å². The van der Waals surface area contributed by atoms with Gasteiger partial charge < -0.3 is 4.74 Å². The Morgan fingerprint density at radius 1 is 1.19 bits per heavy atom. The average molecular weight is 351 g/mol. The van der Waals surface area contributed by atoms with Gasteiger partial charge in [-0.05, 0) is 46.9 Å². The Bertz CT molecular complexity index is 663. The summed E-state index contributed by atoms with van der Waals surface area (Å²) in [7, 11) is 0. The van der Waals surface area contributed by atoms with Crippen LogP contribution < -0.4 is 11.3 Å². The molecule has 0 aromatic heterocycles. The first-order valence-electron chi connectivity index (χ1n) is 6.77. The van der Waals surface area contributed by atoms with Crippen molar-refractivity contribution in [2.75, 3.05) is 0 Å². The number of ether oxygens (including phenoxy) is 1. The lowest BCUT2D eigenvalue weighted by molar-refractivity contribution is 0.134. The van der Waals surface area contributed by atoms with E-state index in [-0.39, 0.29) is 11.9 Å². The van der Waals surface area contributed by atoms with Gasteiger partial charge in [0.25, 0.3) is 0 Å². The van der Waals surface area contributed by atoms with Crippen molar-refractivity contribution >= 4 is 15.9 Å². The molecule has 2 aromatic rings. The third kappa shape index (κ3) is 3.16. The highest BCUT2D eigenvalue weighted by Gasteiger charge is 2.17. The lowest BCUT2D eigenvalue weighted by atomic mass is 9.96. The third-order valence-corrected chi connectivity index (χ3v) is 4.55. The molecule has 0 aliphatic carbocycles. The van der Waals surface area contributed by atoms with Crippen LogP contribution in [0.3, 0.4) is 0 Å². The zero-order valence-electron chi connectivity index (χ0n) is 11.4. The molecule has 5 heteroatoms. The minimum atomic E-state index is -0.244. The number of fused-ring (bicyclic) bond motifs is 1. The third-order valence-electron chi connectivity index (χ3n) is 3.78. The lowest BCUT2D eigenvalue weighted by Gasteiger charge is -2.18. The predicted molar refractivity (Wildman–Crippen MR) is 82.8 cm³/mol. The molecule has 0 radical (unpaired) electrons. The summed E-state index contributed by atoms with van der Waals surface area (Å²) in [5, 5.41) is 0. The summed E-state index contributed by atoms with van der Waals surface area (Å²) in [6.45, 7) is 1.32. The van der Waals surface area contributed by atoms with Crippen molar-refractivity contribution < 1.29 is 9.13 Å². The minimum absolute atomic E-state index is 0.0750. The first kappa shape index (κ1) is 14.7. The maximum absolute atomic E-state index is 13.4. The van der Waals surface area contributed by atoms with E-state index in [9.17, 15) is 4.39 Å². The van der Waals surface area contributed by atoms with Crippen LogP contribution in [0.5, 0.6) is 0 Å². The van der Waals surface area contributed by atoms with Crippen molar-refractivity contribution in [2.45, 2.75) is 25.7 Å². The molecule has 0 fully saturated rings. The highest BCUT2D eigenvalue weighted by molar-refractivity contribution is 9.10. The summed E-state index contributed by atoms with van der Waals surface area (Å²) in [6.07, 6.45) is 0.606. The van der Waals surface area contributed by atoms with Gasteiger partial charge in [0, 0.05) is 4.47 Å². The number of hydrazine groups is 1. The van der Waals surface area contributed by atoms with Crippen molar-refractivity contribution in [1.29, 1.82) is 0 Å². The van der Waals surface area contributed by atoms with Crippen LogP contribution in [0.1, 0.15) is 28.3 Å². The maximum Gasteiger partial charge on any atom is 0.123 e. The lowest BCUT2D eigenvalue weighted by Crippen LogP contribution is -2.29. The smallest absolute Gasteiger partial charge is 0.123 e. The average Bonchev–Trinajstić information content (AvgIpc) is 2.95. The van der Waals surface area contributed by atoms with Crippen LogP contribution in [0, 0.1) is 5.82 Å². The van der Waals surface area contributed by atoms with E-state index in [2.05, 4.69) is 33.5 Å². The number of nitrogens with two attached hydrogens (primary N) is 1. The molecule has 1 atom stereocenters. The van der Waals surface area contributed by atoms with Crippen LogP contribution in [0.2, 0.25) is 0 Å². The number of hydrogen-bond donors (Lipinski definition) is 2. The van der Waals surface area contributed by atoms with Gasteiger partial charge in [-0.3, -0.25) is 11.3 Å².